The normalized spacial score (nSPS) is 13.5. The van der Waals surface area contributed by atoms with E-state index in [1.165, 1.54) is 49.7 Å². The van der Waals surface area contributed by atoms with Crippen LogP contribution in [0.4, 0.5) is 0 Å². The quantitative estimate of drug-likeness (QED) is 0.688. The highest BCUT2D eigenvalue weighted by atomic mass is 16.5. The topological polar surface area (TPSA) is 60.7 Å². The van der Waals surface area contributed by atoms with E-state index >= 15 is 0 Å². The van der Waals surface area contributed by atoms with Crippen molar-refractivity contribution in [1.29, 1.82) is 0 Å². The van der Waals surface area contributed by atoms with Gasteiger partial charge < -0.3 is 15.1 Å². The van der Waals surface area contributed by atoms with Crippen LogP contribution in [-0.2, 0) is 5.41 Å². The fourth-order valence-corrected chi connectivity index (χ4v) is 4.04. The van der Waals surface area contributed by atoms with Crippen LogP contribution in [0.3, 0.4) is 0 Å². The van der Waals surface area contributed by atoms with Crippen molar-refractivity contribution in [3.05, 3.63) is 59.7 Å². The number of unbranched alkanes of at least 4 members (excludes halogenated alkanes) is 2. The van der Waals surface area contributed by atoms with Crippen LogP contribution in [-0.4, -0.2) is 22.4 Å². The Morgan fingerprint density at radius 1 is 0.720 bits per heavy atom. The first-order chi connectivity index (χ1) is 12.1. The fraction of sp³-hybridized carbons (Fsp3) is 0.429. The maximum atomic E-state index is 7.17. The fourth-order valence-electron chi connectivity index (χ4n) is 4.04. The summed E-state index contributed by atoms with van der Waals surface area (Å²) in [5.74, 6) is 0. The van der Waals surface area contributed by atoms with Gasteiger partial charge in [-0.3, -0.25) is 0 Å². The van der Waals surface area contributed by atoms with Crippen molar-refractivity contribution < 1.29 is 15.1 Å². The lowest BCUT2D eigenvalue weighted by atomic mass is 9.71. The Labute approximate surface area is 151 Å². The van der Waals surface area contributed by atoms with Crippen molar-refractivity contribution in [1.82, 2.24) is 0 Å². The Morgan fingerprint density at radius 2 is 1.08 bits per heavy atom. The molecule has 2 aromatic rings. The molecule has 3 nitrogen and oxygen atoms in total. The van der Waals surface area contributed by atoms with Gasteiger partial charge in [0.05, 0.1) is 0 Å². The molecule has 25 heavy (non-hydrogen) atoms. The van der Waals surface area contributed by atoms with Crippen molar-refractivity contribution in [3.8, 4) is 11.1 Å². The minimum atomic E-state index is -2.17. The molecule has 0 unspecified atom stereocenters. The molecular formula is C21H29BO3. The third-order valence-electron chi connectivity index (χ3n) is 5.09. The minimum Gasteiger partial charge on any atom is -0.402 e. The zero-order chi connectivity index (χ0) is 18.3. The summed E-state index contributed by atoms with van der Waals surface area (Å²) in [7, 11) is -2.17. The Kier molecular flexibility index (Phi) is 7.24. The van der Waals surface area contributed by atoms with Crippen molar-refractivity contribution in [2.75, 3.05) is 0 Å². The third-order valence-corrected chi connectivity index (χ3v) is 5.09. The number of fused-ring (bicyclic) bond motifs is 3. The Morgan fingerprint density at radius 3 is 1.44 bits per heavy atom. The van der Waals surface area contributed by atoms with Gasteiger partial charge in [0.1, 0.15) is 0 Å². The molecule has 0 spiro atoms. The van der Waals surface area contributed by atoms with E-state index in [1.54, 1.807) is 11.1 Å². The lowest BCUT2D eigenvalue weighted by Gasteiger charge is -2.32. The molecule has 0 radical (unpaired) electrons. The summed E-state index contributed by atoms with van der Waals surface area (Å²) >= 11 is 0. The molecule has 0 saturated heterocycles. The largest absolute Gasteiger partial charge is 0.631 e. The standard InChI is InChI=1S/C21H26.BH3O3/c1-3-5-15-21(16-6-4-2)19-13-9-7-11-17(19)18-12-8-10-14-20(18)21;2-1(3)4/h7-14H,3-6,15-16H2,1-2H3;2-4H. The predicted octanol–water partition coefficient (Wildman–Crippen LogP) is 4.28. The molecule has 3 rings (SSSR count). The van der Waals surface area contributed by atoms with Crippen LogP contribution in [0.2, 0.25) is 0 Å². The SMILES string of the molecule is CCCCC1(CCCC)c2ccccc2-c2ccccc21.OB(O)O. The van der Waals surface area contributed by atoms with Gasteiger partial charge in [0, 0.05) is 5.41 Å². The molecule has 0 fully saturated rings. The number of benzene rings is 2. The van der Waals surface area contributed by atoms with Crippen LogP contribution in [0.5, 0.6) is 0 Å². The second-order valence-electron chi connectivity index (χ2n) is 6.73. The molecule has 134 valence electrons. The highest BCUT2D eigenvalue weighted by molar-refractivity contribution is 6.30. The van der Waals surface area contributed by atoms with E-state index in [0.29, 0.717) is 0 Å². The van der Waals surface area contributed by atoms with Gasteiger partial charge in [-0.2, -0.15) is 0 Å². The summed E-state index contributed by atoms with van der Waals surface area (Å²) in [6, 6.07) is 18.2. The van der Waals surface area contributed by atoms with Crippen molar-refractivity contribution in [2.24, 2.45) is 0 Å². The predicted molar refractivity (Wildman–Crippen MR) is 104 cm³/mol. The average Bonchev–Trinajstić information content (AvgIpc) is 2.89. The van der Waals surface area contributed by atoms with E-state index in [1.807, 2.05) is 0 Å². The van der Waals surface area contributed by atoms with Gasteiger partial charge >= 0.3 is 7.32 Å². The molecule has 4 heteroatoms. The molecule has 0 bridgehead atoms. The third kappa shape index (κ3) is 4.32. The highest BCUT2D eigenvalue weighted by Gasteiger charge is 2.41. The second kappa shape index (κ2) is 9.18. The van der Waals surface area contributed by atoms with Crippen molar-refractivity contribution >= 4 is 7.32 Å². The van der Waals surface area contributed by atoms with Crippen LogP contribution >= 0.6 is 0 Å². The van der Waals surface area contributed by atoms with Gasteiger partial charge in [0.15, 0.2) is 0 Å². The lowest BCUT2D eigenvalue weighted by molar-refractivity contribution is 0.278. The first-order valence-corrected chi connectivity index (χ1v) is 9.30. The molecule has 0 heterocycles. The van der Waals surface area contributed by atoms with E-state index in [2.05, 4.69) is 62.4 Å². The maximum Gasteiger partial charge on any atom is 0.631 e. The Bertz CT molecular complexity index is 611. The van der Waals surface area contributed by atoms with Crippen LogP contribution < -0.4 is 0 Å². The molecule has 0 aromatic heterocycles. The molecule has 3 N–H and O–H groups in total. The van der Waals surface area contributed by atoms with Gasteiger partial charge in [-0.15, -0.1) is 0 Å². The summed E-state index contributed by atoms with van der Waals surface area (Å²) in [6.07, 6.45) is 7.75. The smallest absolute Gasteiger partial charge is 0.402 e. The molecular weight excluding hydrogens is 311 g/mol. The summed E-state index contributed by atoms with van der Waals surface area (Å²) in [6.45, 7) is 4.61. The molecule has 0 saturated carbocycles. The lowest BCUT2D eigenvalue weighted by Crippen LogP contribution is -2.25. The Balaban J connectivity index is 0.000000511. The van der Waals surface area contributed by atoms with Crippen LogP contribution in [0.25, 0.3) is 11.1 Å². The maximum absolute atomic E-state index is 7.17. The summed E-state index contributed by atoms with van der Waals surface area (Å²) in [4.78, 5) is 0. The van der Waals surface area contributed by atoms with Crippen molar-refractivity contribution in [2.45, 2.75) is 57.8 Å². The van der Waals surface area contributed by atoms with E-state index in [9.17, 15) is 0 Å². The summed E-state index contributed by atoms with van der Waals surface area (Å²) < 4.78 is 0. The van der Waals surface area contributed by atoms with Crippen LogP contribution in [0.15, 0.2) is 48.5 Å². The molecule has 0 atom stereocenters. The van der Waals surface area contributed by atoms with Crippen LogP contribution in [0.1, 0.15) is 63.5 Å². The molecule has 0 aliphatic heterocycles. The number of hydrogen-bond donors (Lipinski definition) is 3. The summed E-state index contributed by atoms with van der Waals surface area (Å²) in [5.41, 5.74) is 6.36. The molecule has 1 aliphatic rings. The number of rotatable bonds is 6. The minimum absolute atomic E-state index is 0.263. The van der Waals surface area contributed by atoms with E-state index in [4.69, 9.17) is 15.1 Å². The van der Waals surface area contributed by atoms with Gasteiger partial charge in [-0.05, 0) is 35.1 Å². The van der Waals surface area contributed by atoms with Crippen molar-refractivity contribution in [3.63, 3.8) is 0 Å². The van der Waals surface area contributed by atoms with Crippen LogP contribution in [0, 0.1) is 0 Å². The van der Waals surface area contributed by atoms with Gasteiger partial charge in [-0.1, -0.05) is 88.1 Å². The zero-order valence-electron chi connectivity index (χ0n) is 15.3. The zero-order valence-corrected chi connectivity index (χ0v) is 15.3. The second-order valence-corrected chi connectivity index (χ2v) is 6.73. The van der Waals surface area contributed by atoms with E-state index in [0.717, 1.165) is 0 Å². The summed E-state index contributed by atoms with van der Waals surface area (Å²) in [5, 5.41) is 21.5. The van der Waals surface area contributed by atoms with E-state index < -0.39 is 7.32 Å². The Hall–Kier alpha value is -1.62. The average molecular weight is 340 g/mol. The molecule has 2 aromatic carbocycles. The van der Waals surface area contributed by atoms with Gasteiger partial charge in [0.2, 0.25) is 0 Å². The van der Waals surface area contributed by atoms with E-state index in [-0.39, 0.29) is 5.41 Å². The first kappa shape index (κ1) is 19.7. The molecule has 0 amide bonds. The highest BCUT2D eigenvalue weighted by Crippen LogP contribution is 2.53. The molecule has 1 aliphatic carbocycles. The van der Waals surface area contributed by atoms with Gasteiger partial charge in [-0.25, -0.2) is 0 Å². The first-order valence-electron chi connectivity index (χ1n) is 9.30. The van der Waals surface area contributed by atoms with Gasteiger partial charge in [0.25, 0.3) is 0 Å². The number of hydrogen-bond acceptors (Lipinski definition) is 3. The monoisotopic (exact) mass is 340 g/mol.